The Labute approximate surface area is 304 Å². The predicted octanol–water partition coefficient (Wildman–Crippen LogP) is 0.770. The molecular weight excluding hydrogens is 704 g/mol. The Bertz CT molecular complexity index is 1700. The van der Waals surface area contributed by atoms with E-state index in [2.05, 4.69) is 0 Å². The second-order valence-electron chi connectivity index (χ2n) is 12.0. The van der Waals surface area contributed by atoms with Gasteiger partial charge < -0.3 is 42.6 Å². The van der Waals surface area contributed by atoms with Crippen molar-refractivity contribution in [2.45, 2.75) is 97.0 Å². The number of hydrogen-bond acceptors (Lipinski definition) is 16. The number of ether oxygens (including phenoxy) is 9. The molecule has 286 valence electrons. The largest absolute Gasteiger partial charge is 0.463 e. The average Bonchev–Trinajstić information content (AvgIpc) is 3.60. The van der Waals surface area contributed by atoms with Gasteiger partial charge in [0.2, 0.25) is 12.2 Å². The van der Waals surface area contributed by atoms with Crippen molar-refractivity contribution in [3.63, 3.8) is 0 Å². The lowest BCUT2D eigenvalue weighted by molar-refractivity contribution is -0.765. The van der Waals surface area contributed by atoms with Crippen LogP contribution in [0.4, 0.5) is 0 Å². The first-order chi connectivity index (χ1) is 25.2. The number of esters is 7. The van der Waals surface area contributed by atoms with E-state index in [1.807, 2.05) is 6.92 Å². The molecule has 0 bridgehead atoms. The third-order valence-corrected chi connectivity index (χ3v) is 7.89. The maximum absolute atomic E-state index is 13.0. The fourth-order valence-electron chi connectivity index (χ4n) is 5.84. The molecule has 2 aromatic heterocycles. The van der Waals surface area contributed by atoms with E-state index in [0.29, 0.717) is 6.42 Å². The average molecular weight is 747 g/mol. The van der Waals surface area contributed by atoms with Crippen LogP contribution >= 0.6 is 0 Å². The second kappa shape index (κ2) is 18.3. The fourth-order valence-corrected chi connectivity index (χ4v) is 5.84. The Balaban J connectivity index is 1.39. The number of pyridine rings is 2. The lowest BCUT2D eigenvalue weighted by Crippen LogP contribution is -2.48. The molecule has 53 heavy (non-hydrogen) atoms. The van der Waals surface area contributed by atoms with Gasteiger partial charge in [-0.25, -0.2) is 9.59 Å². The van der Waals surface area contributed by atoms with Gasteiger partial charge in [-0.05, 0) is 18.6 Å². The molecule has 2 fully saturated rings. The van der Waals surface area contributed by atoms with Crippen molar-refractivity contribution in [2.75, 3.05) is 19.8 Å². The molecule has 2 aromatic rings. The molecule has 4 rings (SSSR count). The monoisotopic (exact) mass is 746 g/mol. The highest BCUT2D eigenvalue weighted by Crippen LogP contribution is 2.33. The van der Waals surface area contributed by atoms with Crippen molar-refractivity contribution in [1.82, 2.24) is 0 Å². The van der Waals surface area contributed by atoms with E-state index in [1.165, 1.54) is 66.7 Å². The van der Waals surface area contributed by atoms with E-state index >= 15 is 0 Å². The second-order valence-corrected chi connectivity index (χ2v) is 12.0. The van der Waals surface area contributed by atoms with Crippen molar-refractivity contribution in [2.24, 2.45) is 0 Å². The number of nitrogens with zero attached hydrogens (tertiary/aromatic N) is 2. The van der Waals surface area contributed by atoms with Gasteiger partial charge in [0.15, 0.2) is 37.0 Å². The summed E-state index contributed by atoms with van der Waals surface area (Å²) in [6.45, 7) is 6.88. The van der Waals surface area contributed by atoms with Gasteiger partial charge in [-0.1, -0.05) is 6.92 Å². The van der Waals surface area contributed by atoms with Crippen molar-refractivity contribution < 1.29 is 85.3 Å². The molecule has 0 radical (unpaired) electrons. The molecule has 0 aromatic carbocycles. The summed E-state index contributed by atoms with van der Waals surface area (Å²) in [6, 6.07) is 6.00. The third kappa shape index (κ3) is 10.8. The fraction of sp³-hybridized carbons (Fsp3) is 0.514. The van der Waals surface area contributed by atoms with Crippen LogP contribution in [0, 0.1) is 0 Å². The molecule has 0 spiro atoms. The summed E-state index contributed by atoms with van der Waals surface area (Å²) in [4.78, 5) is 84.8. The van der Waals surface area contributed by atoms with Crippen LogP contribution in [-0.2, 0) is 66.6 Å². The molecule has 2 aliphatic heterocycles. The highest BCUT2D eigenvalue weighted by atomic mass is 16.7. The molecule has 18 nitrogen and oxygen atoms in total. The Hall–Kier alpha value is -5.49. The van der Waals surface area contributed by atoms with Crippen LogP contribution < -0.4 is 9.13 Å². The van der Waals surface area contributed by atoms with Crippen molar-refractivity contribution in [1.29, 1.82) is 0 Å². The first-order valence-corrected chi connectivity index (χ1v) is 16.7. The zero-order valence-electron chi connectivity index (χ0n) is 30.0. The number of rotatable bonds is 14. The van der Waals surface area contributed by atoms with Gasteiger partial charge in [0.1, 0.15) is 43.2 Å². The molecule has 18 heteroatoms. The number of carbonyl (C=O) groups excluding carboxylic acids is 7. The Morgan fingerprint density at radius 2 is 0.962 bits per heavy atom. The van der Waals surface area contributed by atoms with Crippen LogP contribution in [0.3, 0.4) is 0 Å². The molecule has 4 heterocycles. The van der Waals surface area contributed by atoms with E-state index < -0.39 is 90.9 Å². The van der Waals surface area contributed by atoms with Gasteiger partial charge in [0, 0.05) is 46.8 Å². The van der Waals surface area contributed by atoms with Gasteiger partial charge in [0.05, 0.1) is 0 Å². The smallest absolute Gasteiger partial charge is 0.344 e. The maximum atomic E-state index is 13.0. The summed E-state index contributed by atoms with van der Waals surface area (Å²) < 4.78 is 52.4. The molecular formula is C35H42N2O16+2. The summed E-state index contributed by atoms with van der Waals surface area (Å²) in [7, 11) is 0. The highest BCUT2D eigenvalue weighted by molar-refractivity contribution is 5.89. The number of aromatic nitrogens is 2. The van der Waals surface area contributed by atoms with E-state index in [0.717, 1.165) is 13.8 Å². The zero-order valence-corrected chi connectivity index (χ0v) is 30.0. The summed E-state index contributed by atoms with van der Waals surface area (Å²) in [6.07, 6.45) is -1.38. The lowest BCUT2D eigenvalue weighted by Gasteiger charge is -2.21. The summed E-state index contributed by atoms with van der Waals surface area (Å²) in [5, 5.41) is 0. The van der Waals surface area contributed by atoms with E-state index in [-0.39, 0.29) is 30.9 Å². The normalized spacial score (nSPS) is 24.7. The number of carbonyl (C=O) groups is 7. The van der Waals surface area contributed by atoms with Crippen molar-refractivity contribution in [3.05, 3.63) is 60.2 Å². The molecule has 2 aliphatic rings. The van der Waals surface area contributed by atoms with Crippen molar-refractivity contribution >= 4 is 41.8 Å². The molecule has 0 saturated carbocycles. The van der Waals surface area contributed by atoms with Gasteiger partial charge in [-0.2, -0.15) is 9.13 Å². The first kappa shape index (κ1) is 40.3. The Morgan fingerprint density at radius 3 is 1.36 bits per heavy atom. The van der Waals surface area contributed by atoms with Crippen LogP contribution in [0.2, 0.25) is 0 Å². The molecule has 0 amide bonds. The van der Waals surface area contributed by atoms with Crippen molar-refractivity contribution in [3.8, 4) is 0 Å². The maximum Gasteiger partial charge on any atom is 0.344 e. The summed E-state index contributed by atoms with van der Waals surface area (Å²) in [5.41, 5.74) is 0.159. The minimum Gasteiger partial charge on any atom is -0.463 e. The van der Waals surface area contributed by atoms with Crippen LogP contribution in [0.5, 0.6) is 0 Å². The quantitative estimate of drug-likeness (QED) is 0.113. The predicted molar refractivity (Wildman–Crippen MR) is 171 cm³/mol. The summed E-state index contributed by atoms with van der Waals surface area (Å²) >= 11 is 0. The standard InChI is InChI=1S/C35H42N2O16/c1-7-26-28(48-20(3)39)30(50-22(5)41)32(52-26)36-12-8-10-24(16-36)34(43)45-14-15-46-35(44)25-11-9-13-37(17-25)33-31(51-23(6)42)29(49-21(4)40)27(53-33)18-47-19(2)38/h8-13,16-17,26-33H,7,14-15,18H2,1-6H3/q+2/t26-,27-,28-,29-,30-,31-,32-,33-/m1/s1. The third-order valence-electron chi connectivity index (χ3n) is 7.89. The Kier molecular flexibility index (Phi) is 13.9. The Morgan fingerprint density at radius 1 is 0.566 bits per heavy atom. The molecule has 2 saturated heterocycles. The topological polar surface area (TPSA) is 210 Å². The van der Waals surface area contributed by atoms with Gasteiger partial charge >= 0.3 is 54.2 Å². The van der Waals surface area contributed by atoms with Crippen LogP contribution in [-0.4, -0.2) is 98.2 Å². The van der Waals surface area contributed by atoms with Gasteiger partial charge in [0.25, 0.3) is 0 Å². The molecule has 0 aliphatic carbocycles. The molecule has 0 unspecified atom stereocenters. The summed E-state index contributed by atoms with van der Waals surface area (Å²) in [5.74, 6) is -4.70. The first-order valence-electron chi connectivity index (χ1n) is 16.7. The highest BCUT2D eigenvalue weighted by Gasteiger charge is 2.55. The van der Waals surface area contributed by atoms with Crippen LogP contribution in [0.1, 0.15) is 81.1 Å². The SMILES string of the molecule is CC[C@H]1O[C@@H]([n+]2cccc(C(=O)OCCOC(=O)c3ccc[n+]([C@@H]4O[C@H](COC(C)=O)[C@@H](OC(C)=O)[C@H]4OC(C)=O)c3)c2)[C@H](OC(C)=O)[C@@H]1OC(C)=O. The van der Waals surface area contributed by atoms with E-state index in [1.54, 1.807) is 12.3 Å². The van der Waals surface area contributed by atoms with Gasteiger partial charge in [-0.3, -0.25) is 24.0 Å². The van der Waals surface area contributed by atoms with Gasteiger partial charge in [-0.15, -0.1) is 0 Å². The minimum absolute atomic E-state index is 0.0527. The molecule has 0 N–H and O–H groups in total. The van der Waals surface area contributed by atoms with E-state index in [4.69, 9.17) is 42.6 Å². The van der Waals surface area contributed by atoms with Crippen LogP contribution in [0.25, 0.3) is 0 Å². The molecule has 8 atom stereocenters. The lowest BCUT2D eigenvalue weighted by atomic mass is 10.1. The zero-order chi connectivity index (χ0) is 38.8. The van der Waals surface area contributed by atoms with Crippen LogP contribution in [0.15, 0.2) is 49.1 Å². The van der Waals surface area contributed by atoms with E-state index in [9.17, 15) is 33.6 Å². The number of hydrogen-bond donors (Lipinski definition) is 0. The minimum atomic E-state index is -1.17.